The van der Waals surface area contributed by atoms with Crippen LogP contribution in [0.2, 0.25) is 0 Å². The van der Waals surface area contributed by atoms with E-state index in [4.69, 9.17) is 4.74 Å². The lowest BCUT2D eigenvalue weighted by Gasteiger charge is -2.12. The SMILES string of the molecule is Cc1ccc([C@H](C)CCCOCc2ccccc2)cc1. The summed E-state index contributed by atoms with van der Waals surface area (Å²) in [6.07, 6.45) is 2.29. The van der Waals surface area contributed by atoms with Gasteiger partial charge in [-0.1, -0.05) is 67.1 Å². The zero-order chi connectivity index (χ0) is 14.2. The van der Waals surface area contributed by atoms with Crippen LogP contribution in [0, 0.1) is 6.92 Å². The topological polar surface area (TPSA) is 9.23 Å². The smallest absolute Gasteiger partial charge is 0.0716 e. The van der Waals surface area contributed by atoms with Gasteiger partial charge in [-0.2, -0.15) is 0 Å². The summed E-state index contributed by atoms with van der Waals surface area (Å²) in [5, 5.41) is 0. The summed E-state index contributed by atoms with van der Waals surface area (Å²) >= 11 is 0. The van der Waals surface area contributed by atoms with Gasteiger partial charge in [-0.05, 0) is 36.8 Å². The van der Waals surface area contributed by atoms with Crippen molar-refractivity contribution in [1.29, 1.82) is 0 Å². The van der Waals surface area contributed by atoms with Crippen molar-refractivity contribution in [2.45, 2.75) is 39.2 Å². The minimum atomic E-state index is 0.607. The first kappa shape index (κ1) is 14.8. The van der Waals surface area contributed by atoms with Gasteiger partial charge in [-0.3, -0.25) is 0 Å². The maximum Gasteiger partial charge on any atom is 0.0716 e. The molecule has 106 valence electrons. The van der Waals surface area contributed by atoms with Crippen LogP contribution in [0.5, 0.6) is 0 Å². The predicted octanol–water partition coefficient (Wildman–Crippen LogP) is 5.10. The molecule has 1 nitrogen and oxygen atoms in total. The summed E-state index contributed by atoms with van der Waals surface area (Å²) in [5.74, 6) is 0.607. The molecule has 2 aromatic rings. The molecule has 1 heteroatoms. The third-order valence-electron chi connectivity index (χ3n) is 3.68. The molecule has 2 aromatic carbocycles. The van der Waals surface area contributed by atoms with Crippen molar-refractivity contribution in [2.75, 3.05) is 6.61 Å². The van der Waals surface area contributed by atoms with Gasteiger partial charge in [0.25, 0.3) is 0 Å². The zero-order valence-corrected chi connectivity index (χ0v) is 12.5. The van der Waals surface area contributed by atoms with Crippen LogP contribution < -0.4 is 0 Å². The molecule has 0 aliphatic carbocycles. The average Bonchev–Trinajstić information content (AvgIpc) is 2.48. The minimum Gasteiger partial charge on any atom is -0.377 e. The Labute approximate surface area is 122 Å². The van der Waals surface area contributed by atoms with Crippen LogP contribution in [0.3, 0.4) is 0 Å². The van der Waals surface area contributed by atoms with Gasteiger partial charge in [-0.25, -0.2) is 0 Å². The Bertz CT molecular complexity index is 487. The van der Waals surface area contributed by atoms with E-state index in [2.05, 4.69) is 62.4 Å². The Kier molecular flexibility index (Phi) is 5.82. The fourth-order valence-electron chi connectivity index (χ4n) is 2.32. The Morgan fingerprint density at radius 2 is 1.65 bits per heavy atom. The van der Waals surface area contributed by atoms with E-state index >= 15 is 0 Å². The van der Waals surface area contributed by atoms with Gasteiger partial charge in [-0.15, -0.1) is 0 Å². The Morgan fingerprint density at radius 1 is 0.950 bits per heavy atom. The van der Waals surface area contributed by atoms with E-state index in [1.165, 1.54) is 23.1 Å². The molecule has 1 atom stereocenters. The van der Waals surface area contributed by atoms with Crippen LogP contribution >= 0.6 is 0 Å². The van der Waals surface area contributed by atoms with Crippen molar-refractivity contribution >= 4 is 0 Å². The van der Waals surface area contributed by atoms with E-state index in [0.717, 1.165) is 19.6 Å². The van der Waals surface area contributed by atoms with Crippen molar-refractivity contribution in [3.05, 3.63) is 71.3 Å². The second kappa shape index (κ2) is 7.86. The summed E-state index contributed by atoms with van der Waals surface area (Å²) in [5.41, 5.74) is 4.00. The summed E-state index contributed by atoms with van der Waals surface area (Å²) < 4.78 is 5.73. The Morgan fingerprint density at radius 3 is 2.35 bits per heavy atom. The monoisotopic (exact) mass is 268 g/mol. The van der Waals surface area contributed by atoms with Crippen molar-refractivity contribution in [3.8, 4) is 0 Å². The molecule has 0 saturated carbocycles. The van der Waals surface area contributed by atoms with E-state index in [1.54, 1.807) is 0 Å². The second-order valence-corrected chi connectivity index (χ2v) is 5.49. The first-order chi connectivity index (χ1) is 9.75. The molecule has 2 rings (SSSR count). The van der Waals surface area contributed by atoms with E-state index in [1.807, 2.05) is 6.07 Å². The molecule has 20 heavy (non-hydrogen) atoms. The first-order valence-corrected chi connectivity index (χ1v) is 7.44. The lowest BCUT2D eigenvalue weighted by atomic mass is 9.96. The molecule has 0 amide bonds. The molecule has 0 aliphatic heterocycles. The fourth-order valence-corrected chi connectivity index (χ4v) is 2.32. The summed E-state index contributed by atoms with van der Waals surface area (Å²) in [6, 6.07) is 19.2. The molecule has 0 heterocycles. The summed E-state index contributed by atoms with van der Waals surface area (Å²) in [4.78, 5) is 0. The number of rotatable bonds is 7. The molecule has 0 spiro atoms. The number of aryl methyl sites for hydroxylation is 1. The quantitative estimate of drug-likeness (QED) is 0.635. The third kappa shape index (κ3) is 4.82. The normalized spacial score (nSPS) is 12.3. The number of hydrogen-bond acceptors (Lipinski definition) is 1. The Hall–Kier alpha value is -1.60. The van der Waals surface area contributed by atoms with Crippen LogP contribution in [-0.2, 0) is 11.3 Å². The highest BCUT2D eigenvalue weighted by atomic mass is 16.5. The van der Waals surface area contributed by atoms with Crippen molar-refractivity contribution < 1.29 is 4.74 Å². The first-order valence-electron chi connectivity index (χ1n) is 7.44. The zero-order valence-electron chi connectivity index (χ0n) is 12.5. The van der Waals surface area contributed by atoms with Gasteiger partial charge in [0, 0.05) is 6.61 Å². The predicted molar refractivity (Wildman–Crippen MR) is 84.9 cm³/mol. The van der Waals surface area contributed by atoms with Gasteiger partial charge in [0.15, 0.2) is 0 Å². The largest absolute Gasteiger partial charge is 0.377 e. The standard InChI is InChI=1S/C19H24O/c1-16-10-12-19(13-11-16)17(2)7-6-14-20-15-18-8-4-3-5-9-18/h3-5,8-13,17H,6-7,14-15H2,1-2H3/t17-/m1/s1. The van der Waals surface area contributed by atoms with Crippen molar-refractivity contribution in [1.82, 2.24) is 0 Å². The molecular formula is C19H24O. The maximum atomic E-state index is 5.73. The van der Waals surface area contributed by atoms with Gasteiger partial charge in [0.2, 0.25) is 0 Å². The molecule has 0 fully saturated rings. The van der Waals surface area contributed by atoms with Crippen LogP contribution in [0.15, 0.2) is 54.6 Å². The fraction of sp³-hybridized carbons (Fsp3) is 0.368. The van der Waals surface area contributed by atoms with E-state index in [0.29, 0.717) is 5.92 Å². The molecule has 0 aromatic heterocycles. The van der Waals surface area contributed by atoms with E-state index < -0.39 is 0 Å². The molecule has 0 aliphatic rings. The Balaban J connectivity index is 1.64. The lowest BCUT2D eigenvalue weighted by Crippen LogP contribution is -1.99. The third-order valence-corrected chi connectivity index (χ3v) is 3.68. The molecule has 0 bridgehead atoms. The molecule has 0 unspecified atom stereocenters. The van der Waals surface area contributed by atoms with Gasteiger partial charge in [0.1, 0.15) is 0 Å². The van der Waals surface area contributed by atoms with Gasteiger partial charge in [0.05, 0.1) is 6.61 Å². The highest BCUT2D eigenvalue weighted by Gasteiger charge is 2.04. The maximum absolute atomic E-state index is 5.73. The minimum absolute atomic E-state index is 0.607. The summed E-state index contributed by atoms with van der Waals surface area (Å²) in [6.45, 7) is 5.98. The van der Waals surface area contributed by atoms with E-state index in [-0.39, 0.29) is 0 Å². The van der Waals surface area contributed by atoms with Crippen LogP contribution in [0.1, 0.15) is 42.4 Å². The number of ether oxygens (including phenoxy) is 1. The number of benzene rings is 2. The summed E-state index contributed by atoms with van der Waals surface area (Å²) in [7, 11) is 0. The second-order valence-electron chi connectivity index (χ2n) is 5.49. The van der Waals surface area contributed by atoms with Crippen LogP contribution in [0.4, 0.5) is 0 Å². The van der Waals surface area contributed by atoms with Gasteiger partial charge < -0.3 is 4.74 Å². The van der Waals surface area contributed by atoms with Crippen molar-refractivity contribution in [2.24, 2.45) is 0 Å². The highest BCUT2D eigenvalue weighted by molar-refractivity contribution is 5.23. The van der Waals surface area contributed by atoms with Crippen LogP contribution in [-0.4, -0.2) is 6.61 Å². The van der Waals surface area contributed by atoms with E-state index in [9.17, 15) is 0 Å². The van der Waals surface area contributed by atoms with Crippen LogP contribution in [0.25, 0.3) is 0 Å². The lowest BCUT2D eigenvalue weighted by molar-refractivity contribution is 0.116. The van der Waals surface area contributed by atoms with Gasteiger partial charge >= 0.3 is 0 Å². The van der Waals surface area contributed by atoms with Crippen molar-refractivity contribution in [3.63, 3.8) is 0 Å². The average molecular weight is 268 g/mol. The number of hydrogen-bond donors (Lipinski definition) is 0. The highest BCUT2D eigenvalue weighted by Crippen LogP contribution is 2.20. The molecule has 0 radical (unpaired) electrons. The molecular weight excluding hydrogens is 244 g/mol. The molecule has 0 saturated heterocycles. The molecule has 0 N–H and O–H groups in total.